The summed E-state index contributed by atoms with van der Waals surface area (Å²) in [6.07, 6.45) is 2.64. The van der Waals surface area contributed by atoms with Crippen LogP contribution >= 0.6 is 23.4 Å². The second-order valence-corrected chi connectivity index (χ2v) is 10.5. The first-order valence-electron chi connectivity index (χ1n) is 10.7. The Bertz CT molecular complexity index is 1160. The van der Waals surface area contributed by atoms with E-state index < -0.39 is 17.1 Å². The molecule has 1 unspecified atom stereocenters. The number of amides is 3. The molecule has 0 aliphatic carbocycles. The van der Waals surface area contributed by atoms with Crippen LogP contribution in [-0.2, 0) is 9.59 Å². The van der Waals surface area contributed by atoms with E-state index in [1.165, 1.54) is 0 Å². The number of thioether (sulfide) groups is 1. The molecule has 0 radical (unpaired) electrons. The first-order chi connectivity index (χ1) is 15.6. The van der Waals surface area contributed by atoms with E-state index in [2.05, 4.69) is 38.0 Å². The molecule has 8 heteroatoms. The van der Waals surface area contributed by atoms with Gasteiger partial charge in [0.05, 0.1) is 4.91 Å². The van der Waals surface area contributed by atoms with Gasteiger partial charge < -0.3 is 10.2 Å². The van der Waals surface area contributed by atoms with Crippen molar-refractivity contribution in [1.82, 2.24) is 4.90 Å². The van der Waals surface area contributed by atoms with Gasteiger partial charge in [-0.25, -0.2) is 0 Å². The van der Waals surface area contributed by atoms with Crippen LogP contribution in [0.2, 0.25) is 5.02 Å². The Morgan fingerprint density at radius 2 is 1.94 bits per heavy atom. The average Bonchev–Trinajstić information content (AvgIpc) is 3.01. The number of rotatable bonds is 4. The van der Waals surface area contributed by atoms with E-state index in [0.29, 0.717) is 22.2 Å². The van der Waals surface area contributed by atoms with Crippen molar-refractivity contribution in [3.63, 3.8) is 0 Å². The monoisotopic (exact) mass is 483 g/mol. The number of anilines is 2. The summed E-state index contributed by atoms with van der Waals surface area (Å²) in [4.78, 5) is 41.2. The summed E-state index contributed by atoms with van der Waals surface area (Å²) in [5.74, 6) is -0.600. The fourth-order valence-electron chi connectivity index (χ4n) is 4.36. The summed E-state index contributed by atoms with van der Waals surface area (Å²) in [5.41, 5.74) is 3.54. The molecule has 2 aromatic rings. The van der Waals surface area contributed by atoms with E-state index in [1.54, 1.807) is 30.3 Å². The molecule has 0 aromatic heterocycles. The Morgan fingerprint density at radius 1 is 1.24 bits per heavy atom. The van der Waals surface area contributed by atoms with Gasteiger partial charge >= 0.3 is 0 Å². The van der Waals surface area contributed by atoms with Crippen molar-refractivity contribution in [1.29, 1.82) is 0 Å². The molecule has 0 spiro atoms. The number of halogens is 1. The molecule has 172 valence electrons. The quantitative estimate of drug-likeness (QED) is 0.562. The van der Waals surface area contributed by atoms with Gasteiger partial charge in [-0.2, -0.15) is 0 Å². The maximum absolute atomic E-state index is 12.9. The van der Waals surface area contributed by atoms with Crippen LogP contribution in [0.15, 0.2) is 47.4 Å². The predicted molar refractivity (Wildman–Crippen MR) is 135 cm³/mol. The summed E-state index contributed by atoms with van der Waals surface area (Å²) >= 11 is 7.41. The maximum atomic E-state index is 12.9. The standard InChI is InChI=1S/C25H26ClN3O3S/c1-15-13-25(2,3)28(4)20-12-19(26)16(10-18(15)20)11-21-23(31)29(24(32)33-21)14-22(30)27-17-8-6-5-7-9-17/h5-12,15H,13-14H2,1-4H3,(H,27,30)/b21-11+. The molecule has 0 bridgehead atoms. The topological polar surface area (TPSA) is 69.7 Å². The average molecular weight is 484 g/mol. The first-order valence-corrected chi connectivity index (χ1v) is 11.9. The number of imide groups is 1. The van der Waals surface area contributed by atoms with Crippen LogP contribution in [0.5, 0.6) is 0 Å². The van der Waals surface area contributed by atoms with E-state index in [4.69, 9.17) is 11.6 Å². The number of hydrogen-bond acceptors (Lipinski definition) is 5. The van der Waals surface area contributed by atoms with Gasteiger partial charge in [-0.05, 0) is 79.4 Å². The number of para-hydroxylation sites is 1. The summed E-state index contributed by atoms with van der Waals surface area (Å²) in [6.45, 7) is 6.26. The second kappa shape index (κ2) is 8.88. The zero-order valence-electron chi connectivity index (χ0n) is 19.0. The Morgan fingerprint density at radius 3 is 2.64 bits per heavy atom. The van der Waals surface area contributed by atoms with Gasteiger partial charge in [0.1, 0.15) is 6.54 Å². The number of fused-ring (bicyclic) bond motifs is 1. The predicted octanol–water partition coefficient (Wildman–Crippen LogP) is 5.74. The third-order valence-electron chi connectivity index (χ3n) is 6.27. The van der Waals surface area contributed by atoms with Gasteiger partial charge in [-0.15, -0.1) is 0 Å². The van der Waals surface area contributed by atoms with E-state index in [0.717, 1.165) is 34.3 Å². The van der Waals surface area contributed by atoms with Crippen molar-refractivity contribution in [2.45, 2.75) is 38.6 Å². The summed E-state index contributed by atoms with van der Waals surface area (Å²) in [7, 11) is 2.06. The van der Waals surface area contributed by atoms with Crippen LogP contribution in [0.25, 0.3) is 6.08 Å². The normalized spacial score (nSPS) is 20.9. The van der Waals surface area contributed by atoms with E-state index in [1.807, 2.05) is 18.2 Å². The number of benzene rings is 2. The van der Waals surface area contributed by atoms with Gasteiger partial charge in [-0.1, -0.05) is 36.7 Å². The van der Waals surface area contributed by atoms with Gasteiger partial charge in [-0.3, -0.25) is 19.3 Å². The fraction of sp³-hybridized carbons (Fsp3) is 0.320. The lowest BCUT2D eigenvalue weighted by molar-refractivity contribution is -0.127. The molecule has 3 amide bonds. The molecule has 2 aliphatic rings. The summed E-state index contributed by atoms with van der Waals surface area (Å²) < 4.78 is 0. The molecular formula is C25H26ClN3O3S. The summed E-state index contributed by atoms with van der Waals surface area (Å²) in [6, 6.07) is 12.8. The SMILES string of the molecule is CC1CC(C)(C)N(C)c2cc(Cl)c(/C=C3/SC(=O)N(CC(=O)Nc4ccccc4)C3=O)cc21. The molecule has 1 atom stereocenters. The number of hydrogen-bond donors (Lipinski definition) is 1. The second-order valence-electron chi connectivity index (χ2n) is 9.09. The molecule has 2 aromatic carbocycles. The Labute approximate surface area is 203 Å². The highest BCUT2D eigenvalue weighted by Gasteiger charge is 2.37. The van der Waals surface area contributed by atoms with Crippen molar-refractivity contribution in [2.75, 3.05) is 23.8 Å². The van der Waals surface area contributed by atoms with Crippen molar-refractivity contribution >= 4 is 57.9 Å². The first kappa shape index (κ1) is 23.4. The minimum Gasteiger partial charge on any atom is -0.369 e. The van der Waals surface area contributed by atoms with Crippen molar-refractivity contribution in [3.8, 4) is 0 Å². The van der Waals surface area contributed by atoms with Crippen LogP contribution in [-0.4, -0.2) is 41.1 Å². The van der Waals surface area contributed by atoms with Crippen LogP contribution in [0.4, 0.5) is 16.2 Å². The van der Waals surface area contributed by atoms with Crippen molar-refractivity contribution < 1.29 is 14.4 Å². The molecule has 1 N–H and O–H groups in total. The molecule has 0 saturated carbocycles. The van der Waals surface area contributed by atoms with Gasteiger partial charge in [0.2, 0.25) is 5.91 Å². The number of nitrogens with zero attached hydrogens (tertiary/aromatic N) is 2. The maximum Gasteiger partial charge on any atom is 0.294 e. The molecule has 1 saturated heterocycles. The van der Waals surface area contributed by atoms with E-state index in [9.17, 15) is 14.4 Å². The molecular weight excluding hydrogens is 458 g/mol. The zero-order chi connectivity index (χ0) is 23.9. The van der Waals surface area contributed by atoms with Crippen LogP contribution < -0.4 is 10.2 Å². The molecule has 2 aliphatic heterocycles. The molecule has 6 nitrogen and oxygen atoms in total. The molecule has 33 heavy (non-hydrogen) atoms. The van der Waals surface area contributed by atoms with Crippen molar-refractivity contribution in [3.05, 3.63) is 63.5 Å². The van der Waals surface area contributed by atoms with Crippen LogP contribution in [0, 0.1) is 0 Å². The largest absolute Gasteiger partial charge is 0.369 e. The lowest BCUT2D eigenvalue weighted by Gasteiger charge is -2.45. The van der Waals surface area contributed by atoms with Gasteiger partial charge in [0.25, 0.3) is 11.1 Å². The Balaban J connectivity index is 1.55. The number of carbonyl (C=O) groups is 3. The smallest absolute Gasteiger partial charge is 0.294 e. The van der Waals surface area contributed by atoms with Crippen molar-refractivity contribution in [2.24, 2.45) is 0 Å². The lowest BCUT2D eigenvalue weighted by Crippen LogP contribution is -2.45. The van der Waals surface area contributed by atoms with Crippen LogP contribution in [0.3, 0.4) is 0 Å². The van der Waals surface area contributed by atoms with Gasteiger partial charge in [0.15, 0.2) is 0 Å². The third-order valence-corrected chi connectivity index (χ3v) is 7.51. The minimum atomic E-state index is -0.492. The minimum absolute atomic E-state index is 0.0141. The Hall–Kier alpha value is -2.77. The highest BCUT2D eigenvalue weighted by Crippen LogP contribution is 2.45. The molecule has 1 fully saturated rings. The van der Waals surface area contributed by atoms with Crippen LogP contribution in [0.1, 0.15) is 44.2 Å². The third kappa shape index (κ3) is 4.66. The lowest BCUT2D eigenvalue weighted by atomic mass is 9.80. The molecule has 4 rings (SSSR count). The Kier molecular flexibility index (Phi) is 6.29. The van der Waals surface area contributed by atoms with Gasteiger partial charge in [0, 0.05) is 29.0 Å². The fourth-order valence-corrected chi connectivity index (χ4v) is 5.40. The highest BCUT2D eigenvalue weighted by atomic mass is 35.5. The van der Waals surface area contributed by atoms with E-state index in [-0.39, 0.29) is 17.0 Å². The van der Waals surface area contributed by atoms with E-state index >= 15 is 0 Å². The number of nitrogens with one attached hydrogen (secondary N) is 1. The number of carbonyl (C=O) groups excluding carboxylic acids is 3. The summed E-state index contributed by atoms with van der Waals surface area (Å²) in [5, 5.41) is 2.73. The zero-order valence-corrected chi connectivity index (χ0v) is 20.6. The highest BCUT2D eigenvalue weighted by molar-refractivity contribution is 8.18. The molecule has 2 heterocycles.